The number of amides is 1. The fourth-order valence-electron chi connectivity index (χ4n) is 3.43. The molecule has 1 aliphatic rings. The number of hydrogen-bond acceptors (Lipinski definition) is 7. The number of hydrogen-bond donors (Lipinski definition) is 1. The summed E-state index contributed by atoms with van der Waals surface area (Å²) in [5.74, 6) is 0.995. The van der Waals surface area contributed by atoms with Crippen LogP contribution in [-0.2, 0) is 11.3 Å². The Kier molecular flexibility index (Phi) is 7.10. The van der Waals surface area contributed by atoms with E-state index in [4.69, 9.17) is 17.0 Å². The molecule has 170 valence electrons. The summed E-state index contributed by atoms with van der Waals surface area (Å²) in [5.41, 5.74) is 1.59. The fraction of sp³-hybridized carbons (Fsp3) is 0.250. The number of anilines is 1. The summed E-state index contributed by atoms with van der Waals surface area (Å²) >= 11 is 6.67. The average molecular weight is 481 g/mol. The van der Waals surface area contributed by atoms with Gasteiger partial charge in [0.2, 0.25) is 0 Å². The molecule has 1 aromatic carbocycles. The van der Waals surface area contributed by atoms with Gasteiger partial charge >= 0.3 is 0 Å². The summed E-state index contributed by atoms with van der Waals surface area (Å²) in [4.78, 5) is 33.0. The van der Waals surface area contributed by atoms with Crippen molar-refractivity contribution in [2.75, 3.05) is 19.0 Å². The van der Waals surface area contributed by atoms with Gasteiger partial charge in [0.05, 0.1) is 24.1 Å². The molecule has 0 atom stereocenters. The lowest BCUT2D eigenvalue weighted by Gasteiger charge is -2.14. The Morgan fingerprint density at radius 3 is 2.70 bits per heavy atom. The largest absolute Gasteiger partial charge is 0.497 e. The zero-order valence-corrected chi connectivity index (χ0v) is 20.0. The molecule has 0 bridgehead atoms. The van der Waals surface area contributed by atoms with Crippen molar-refractivity contribution in [2.24, 2.45) is 0 Å². The van der Waals surface area contributed by atoms with E-state index in [9.17, 15) is 9.59 Å². The van der Waals surface area contributed by atoms with Crippen molar-refractivity contribution in [3.63, 3.8) is 0 Å². The molecule has 3 aromatic rings. The van der Waals surface area contributed by atoms with Crippen LogP contribution in [0.3, 0.4) is 0 Å². The third-order valence-corrected chi connectivity index (χ3v) is 6.62. The molecule has 0 aliphatic carbocycles. The van der Waals surface area contributed by atoms with Crippen LogP contribution in [0.25, 0.3) is 11.7 Å². The minimum Gasteiger partial charge on any atom is -0.497 e. The van der Waals surface area contributed by atoms with E-state index in [0.29, 0.717) is 39.3 Å². The van der Waals surface area contributed by atoms with E-state index >= 15 is 0 Å². The molecule has 7 nitrogen and oxygen atoms in total. The summed E-state index contributed by atoms with van der Waals surface area (Å²) < 4.78 is 7.13. The molecular weight excluding hydrogens is 456 g/mol. The first-order chi connectivity index (χ1) is 16.0. The number of pyridine rings is 1. The number of ether oxygens (including phenoxy) is 1. The molecule has 1 fully saturated rings. The minimum absolute atomic E-state index is 0.224. The van der Waals surface area contributed by atoms with Crippen LogP contribution in [0.4, 0.5) is 5.82 Å². The smallest absolute Gasteiger partial charge is 0.267 e. The lowest BCUT2D eigenvalue weighted by Crippen LogP contribution is -2.27. The monoisotopic (exact) mass is 480 g/mol. The van der Waals surface area contributed by atoms with E-state index in [-0.39, 0.29) is 11.5 Å². The van der Waals surface area contributed by atoms with E-state index in [1.807, 2.05) is 30.3 Å². The number of rotatable bonds is 8. The molecule has 9 heteroatoms. The summed E-state index contributed by atoms with van der Waals surface area (Å²) in [5, 5.41) is 3.26. The van der Waals surface area contributed by atoms with Gasteiger partial charge in [0.25, 0.3) is 11.5 Å². The zero-order chi connectivity index (χ0) is 23.4. The van der Waals surface area contributed by atoms with Crippen LogP contribution in [0.1, 0.15) is 30.9 Å². The first-order valence-corrected chi connectivity index (χ1v) is 11.9. The SMILES string of the molecule is CCCCNc1nc2ccccn2c(=O)c1C=C1SC(=S)N(Cc2ccc(OC)cc2)C1=O. The second kappa shape index (κ2) is 10.2. The van der Waals surface area contributed by atoms with Gasteiger partial charge in [-0.15, -0.1) is 0 Å². The third-order valence-electron chi connectivity index (χ3n) is 5.24. The second-order valence-corrected chi connectivity index (χ2v) is 9.18. The molecule has 1 amide bonds. The van der Waals surface area contributed by atoms with Crippen LogP contribution in [0.5, 0.6) is 5.75 Å². The predicted molar refractivity (Wildman–Crippen MR) is 137 cm³/mol. The van der Waals surface area contributed by atoms with Crippen molar-refractivity contribution >= 4 is 51.7 Å². The molecule has 1 aliphatic heterocycles. The lowest BCUT2D eigenvalue weighted by atomic mass is 10.2. The number of nitrogens with zero attached hydrogens (tertiary/aromatic N) is 3. The number of benzene rings is 1. The van der Waals surface area contributed by atoms with Gasteiger partial charge in [-0.25, -0.2) is 4.98 Å². The Hall–Kier alpha value is -3.17. The van der Waals surface area contributed by atoms with E-state index < -0.39 is 0 Å². The molecule has 4 rings (SSSR count). The van der Waals surface area contributed by atoms with Gasteiger partial charge in [-0.2, -0.15) is 0 Å². The Labute approximate surface area is 201 Å². The molecule has 3 heterocycles. The highest BCUT2D eigenvalue weighted by atomic mass is 32.2. The van der Waals surface area contributed by atoms with Crippen LogP contribution in [0, 0.1) is 0 Å². The van der Waals surface area contributed by atoms with Crippen molar-refractivity contribution in [3.8, 4) is 5.75 Å². The summed E-state index contributed by atoms with van der Waals surface area (Å²) in [6, 6.07) is 12.9. The number of thioether (sulfide) groups is 1. The molecule has 1 N–H and O–H groups in total. The Morgan fingerprint density at radius 1 is 1.18 bits per heavy atom. The predicted octanol–water partition coefficient (Wildman–Crippen LogP) is 4.32. The highest BCUT2D eigenvalue weighted by Gasteiger charge is 2.32. The molecule has 0 saturated carbocycles. The van der Waals surface area contributed by atoms with E-state index in [0.717, 1.165) is 24.2 Å². The van der Waals surface area contributed by atoms with Gasteiger partial charge in [-0.05, 0) is 42.3 Å². The quantitative estimate of drug-likeness (QED) is 0.292. The van der Waals surface area contributed by atoms with Crippen LogP contribution >= 0.6 is 24.0 Å². The highest BCUT2D eigenvalue weighted by molar-refractivity contribution is 8.26. The molecule has 33 heavy (non-hydrogen) atoms. The number of carbonyl (C=O) groups excluding carboxylic acids is 1. The van der Waals surface area contributed by atoms with E-state index in [2.05, 4.69) is 17.2 Å². The standard InChI is InChI=1S/C24H24N4O3S2/c1-3-4-12-25-21-18(22(29)27-13-6-5-7-20(27)26-21)14-19-23(30)28(24(32)33-19)15-16-8-10-17(31-2)11-9-16/h5-11,13-14,25H,3-4,12,15H2,1-2H3. The maximum absolute atomic E-state index is 13.3. The normalized spacial score (nSPS) is 15.0. The average Bonchev–Trinajstić information content (AvgIpc) is 3.09. The molecule has 0 radical (unpaired) electrons. The van der Waals surface area contributed by atoms with E-state index in [1.165, 1.54) is 16.2 Å². The highest BCUT2D eigenvalue weighted by Crippen LogP contribution is 2.34. The van der Waals surface area contributed by atoms with Crippen LogP contribution in [-0.4, -0.2) is 38.2 Å². The van der Waals surface area contributed by atoms with Gasteiger partial charge in [0.1, 0.15) is 21.5 Å². The van der Waals surface area contributed by atoms with Crippen molar-refractivity contribution in [2.45, 2.75) is 26.3 Å². The summed E-state index contributed by atoms with van der Waals surface area (Å²) in [6.45, 7) is 3.13. The van der Waals surface area contributed by atoms with Gasteiger partial charge in [0, 0.05) is 12.7 Å². The number of nitrogens with one attached hydrogen (secondary N) is 1. The Bertz CT molecular complexity index is 1290. The maximum atomic E-state index is 13.3. The maximum Gasteiger partial charge on any atom is 0.267 e. The number of fused-ring (bicyclic) bond motifs is 1. The first kappa shape index (κ1) is 23.0. The van der Waals surface area contributed by atoms with Crippen LogP contribution in [0.15, 0.2) is 58.4 Å². The second-order valence-electron chi connectivity index (χ2n) is 7.50. The summed E-state index contributed by atoms with van der Waals surface area (Å²) in [6.07, 6.45) is 5.24. The fourth-order valence-corrected chi connectivity index (χ4v) is 4.67. The van der Waals surface area contributed by atoms with Crippen LogP contribution < -0.4 is 15.6 Å². The van der Waals surface area contributed by atoms with Crippen molar-refractivity contribution in [1.82, 2.24) is 14.3 Å². The van der Waals surface area contributed by atoms with Crippen molar-refractivity contribution in [1.29, 1.82) is 0 Å². The Morgan fingerprint density at radius 2 is 1.97 bits per heavy atom. The number of thiocarbonyl (C=S) groups is 1. The van der Waals surface area contributed by atoms with Gasteiger partial charge in [-0.1, -0.05) is 55.5 Å². The third kappa shape index (κ3) is 4.94. The number of carbonyl (C=O) groups is 1. The van der Waals surface area contributed by atoms with Gasteiger partial charge < -0.3 is 10.1 Å². The zero-order valence-electron chi connectivity index (χ0n) is 18.4. The van der Waals surface area contributed by atoms with Gasteiger partial charge in [0.15, 0.2) is 0 Å². The molecule has 2 aromatic heterocycles. The lowest BCUT2D eigenvalue weighted by molar-refractivity contribution is -0.122. The van der Waals surface area contributed by atoms with Crippen LogP contribution in [0.2, 0.25) is 0 Å². The molecular formula is C24H24N4O3S2. The number of unbranched alkanes of at least 4 members (excludes halogenated alkanes) is 1. The van der Waals surface area contributed by atoms with Gasteiger partial charge in [-0.3, -0.25) is 18.9 Å². The topological polar surface area (TPSA) is 75.9 Å². The Balaban J connectivity index is 1.67. The number of methoxy groups -OCH3 is 1. The minimum atomic E-state index is -0.236. The molecule has 0 unspecified atom stereocenters. The first-order valence-electron chi connectivity index (χ1n) is 10.7. The molecule has 0 spiro atoms. The number of aromatic nitrogens is 2. The van der Waals surface area contributed by atoms with E-state index in [1.54, 1.807) is 36.4 Å². The molecule has 1 saturated heterocycles. The van der Waals surface area contributed by atoms with Crippen molar-refractivity contribution in [3.05, 3.63) is 75.0 Å². The summed E-state index contributed by atoms with van der Waals surface area (Å²) in [7, 11) is 1.61. The van der Waals surface area contributed by atoms with Crippen molar-refractivity contribution < 1.29 is 9.53 Å².